The Morgan fingerprint density at radius 2 is 0.276 bits per heavy atom. The van der Waals surface area contributed by atoms with Gasteiger partial charge in [-0.25, -0.2) is 10.0 Å². The number of hydrazine groups is 1. The molecule has 0 saturated carbocycles. The van der Waals surface area contributed by atoms with Gasteiger partial charge in [-0.05, 0) is 25.7 Å². The van der Waals surface area contributed by atoms with E-state index in [-0.39, 0.29) is 0 Å². The minimum atomic E-state index is -0.496. The third kappa shape index (κ3) is 58.4. The molecule has 0 aromatic rings. The molecule has 0 saturated heterocycles. The molecule has 0 aliphatic carbocycles. The van der Waals surface area contributed by atoms with Gasteiger partial charge in [-0.2, -0.15) is 0 Å². The van der Waals surface area contributed by atoms with Crippen molar-refractivity contribution in [1.82, 2.24) is 10.0 Å². The van der Waals surface area contributed by atoms with E-state index in [0.717, 1.165) is 77.0 Å². The lowest BCUT2D eigenvalue weighted by Gasteiger charge is -2.39. The number of rotatable bonds is 67. The van der Waals surface area contributed by atoms with Crippen molar-refractivity contribution < 1.29 is 20.4 Å². The Balaban J connectivity index is 5.37. The molecular formula is C70H144N2O4. The van der Waals surface area contributed by atoms with E-state index in [0.29, 0.717) is 26.2 Å². The minimum Gasteiger partial charge on any atom is -0.392 e. The lowest BCUT2D eigenvalue weighted by atomic mass is 10.0. The molecule has 4 atom stereocenters. The fourth-order valence-corrected chi connectivity index (χ4v) is 11.9. The molecule has 6 heteroatoms. The molecule has 0 radical (unpaired) electrons. The van der Waals surface area contributed by atoms with E-state index in [9.17, 15) is 20.4 Å². The van der Waals surface area contributed by atoms with Gasteiger partial charge in [0.2, 0.25) is 0 Å². The fourth-order valence-electron chi connectivity index (χ4n) is 11.9. The first-order valence-electron chi connectivity index (χ1n) is 35.6. The average molecular weight is 1080 g/mol. The molecule has 0 rings (SSSR count). The third-order valence-electron chi connectivity index (χ3n) is 17.1. The van der Waals surface area contributed by atoms with Crippen LogP contribution in [0.2, 0.25) is 0 Å². The van der Waals surface area contributed by atoms with Crippen LogP contribution in [-0.4, -0.2) is 81.0 Å². The molecule has 0 amide bonds. The summed E-state index contributed by atoms with van der Waals surface area (Å²) in [6, 6.07) is 0. The number of aliphatic hydroxyl groups is 4. The van der Waals surface area contributed by atoms with E-state index < -0.39 is 24.4 Å². The first-order valence-corrected chi connectivity index (χ1v) is 35.6. The summed E-state index contributed by atoms with van der Waals surface area (Å²) < 4.78 is 0. The van der Waals surface area contributed by atoms with Crippen LogP contribution in [0.4, 0.5) is 0 Å². The van der Waals surface area contributed by atoms with Crippen molar-refractivity contribution in [3.63, 3.8) is 0 Å². The van der Waals surface area contributed by atoms with Gasteiger partial charge in [0.25, 0.3) is 0 Å². The van der Waals surface area contributed by atoms with E-state index in [1.54, 1.807) is 0 Å². The first kappa shape index (κ1) is 75.8. The molecule has 458 valence electrons. The van der Waals surface area contributed by atoms with Crippen molar-refractivity contribution in [3.8, 4) is 0 Å². The first-order chi connectivity index (χ1) is 37.4. The highest BCUT2D eigenvalue weighted by Crippen LogP contribution is 2.21. The Kier molecular flexibility index (Phi) is 63.7. The standard InChI is InChI=1S/C70H144N2O4/c1-5-9-13-17-21-25-29-33-36-40-44-48-52-56-60-68(74)64-71(63-67(73)59-55-51-47-43-39-32-28-24-20-16-12-8-4)72(65-69(75)61-57-53-49-45-41-37-34-30-26-22-18-14-10-6-2)66-70(76)62-58-54-50-46-42-38-35-31-27-23-19-15-11-7-3/h67-70,73-76H,5-66H2,1-4H3. The summed E-state index contributed by atoms with van der Waals surface area (Å²) in [4.78, 5) is 0. The zero-order valence-electron chi connectivity index (χ0n) is 52.8. The van der Waals surface area contributed by atoms with Crippen molar-refractivity contribution in [2.75, 3.05) is 26.2 Å². The second kappa shape index (κ2) is 63.9. The van der Waals surface area contributed by atoms with Crippen molar-refractivity contribution >= 4 is 0 Å². The van der Waals surface area contributed by atoms with Gasteiger partial charge in [0, 0.05) is 26.2 Å². The number of nitrogens with zero attached hydrogens (tertiary/aromatic N) is 2. The molecule has 0 heterocycles. The van der Waals surface area contributed by atoms with Crippen molar-refractivity contribution in [1.29, 1.82) is 0 Å². The Labute approximate surface area is 479 Å². The molecule has 4 unspecified atom stereocenters. The van der Waals surface area contributed by atoms with Crippen LogP contribution in [0.3, 0.4) is 0 Å². The minimum absolute atomic E-state index is 0.449. The molecule has 0 aromatic heterocycles. The Hall–Kier alpha value is -0.240. The van der Waals surface area contributed by atoms with Gasteiger partial charge in [-0.3, -0.25) is 0 Å². The smallest absolute Gasteiger partial charge is 0.0681 e. The van der Waals surface area contributed by atoms with Gasteiger partial charge in [-0.1, -0.05) is 374 Å². The monoisotopic (exact) mass is 1080 g/mol. The van der Waals surface area contributed by atoms with Crippen molar-refractivity contribution in [2.24, 2.45) is 0 Å². The summed E-state index contributed by atoms with van der Waals surface area (Å²) in [5.74, 6) is 0. The molecule has 76 heavy (non-hydrogen) atoms. The highest BCUT2D eigenvalue weighted by atomic mass is 16.3. The molecule has 4 N–H and O–H groups in total. The van der Waals surface area contributed by atoms with Crippen LogP contribution in [-0.2, 0) is 0 Å². The lowest BCUT2D eigenvalue weighted by molar-refractivity contribution is -0.111. The summed E-state index contributed by atoms with van der Waals surface area (Å²) in [5.41, 5.74) is 0. The highest BCUT2D eigenvalue weighted by molar-refractivity contribution is 4.75. The van der Waals surface area contributed by atoms with Gasteiger partial charge in [0.15, 0.2) is 0 Å². The molecule has 0 aliphatic rings. The molecule has 0 spiro atoms. The second-order valence-electron chi connectivity index (χ2n) is 25.2. The molecule has 6 nitrogen and oxygen atoms in total. The van der Waals surface area contributed by atoms with Crippen LogP contribution in [0, 0.1) is 0 Å². The number of aliphatic hydroxyl groups excluding tert-OH is 4. The van der Waals surface area contributed by atoms with E-state index in [1.165, 1.54) is 295 Å². The Morgan fingerprint density at radius 3 is 0.395 bits per heavy atom. The van der Waals surface area contributed by atoms with Crippen LogP contribution < -0.4 is 0 Å². The van der Waals surface area contributed by atoms with Gasteiger partial charge in [0.05, 0.1) is 24.4 Å². The largest absolute Gasteiger partial charge is 0.392 e. The zero-order valence-corrected chi connectivity index (χ0v) is 52.8. The molecule has 0 fully saturated rings. The topological polar surface area (TPSA) is 87.4 Å². The molecule has 0 aliphatic heterocycles. The van der Waals surface area contributed by atoms with Gasteiger partial charge < -0.3 is 20.4 Å². The van der Waals surface area contributed by atoms with Gasteiger partial charge in [-0.15, -0.1) is 0 Å². The fraction of sp³-hybridized carbons (Fsp3) is 1.00. The normalized spacial score (nSPS) is 13.7. The number of unbranched alkanes of at least 4 members (excludes halogenated alkanes) is 50. The summed E-state index contributed by atoms with van der Waals surface area (Å²) in [6.45, 7) is 11.0. The molecule has 0 aromatic carbocycles. The molecule has 0 bridgehead atoms. The number of hydrogen-bond acceptors (Lipinski definition) is 6. The predicted octanol–water partition coefficient (Wildman–Crippen LogP) is 21.7. The summed E-state index contributed by atoms with van der Waals surface area (Å²) >= 11 is 0. The van der Waals surface area contributed by atoms with Crippen LogP contribution in [0.1, 0.15) is 400 Å². The van der Waals surface area contributed by atoms with E-state index in [2.05, 4.69) is 37.7 Å². The van der Waals surface area contributed by atoms with E-state index in [1.807, 2.05) is 0 Å². The van der Waals surface area contributed by atoms with Crippen LogP contribution in [0.15, 0.2) is 0 Å². The third-order valence-corrected chi connectivity index (χ3v) is 17.1. The quantitative estimate of drug-likeness (QED) is 0.0359. The maximum Gasteiger partial charge on any atom is 0.0681 e. The van der Waals surface area contributed by atoms with E-state index in [4.69, 9.17) is 0 Å². The summed E-state index contributed by atoms with van der Waals surface area (Å²) in [6.07, 6.45) is 72.5. The predicted molar refractivity (Wildman–Crippen MR) is 338 cm³/mol. The molecular weight excluding hydrogens is 933 g/mol. The maximum absolute atomic E-state index is 11.6. The number of hydrogen-bond donors (Lipinski definition) is 4. The Morgan fingerprint density at radius 1 is 0.171 bits per heavy atom. The van der Waals surface area contributed by atoms with Crippen LogP contribution >= 0.6 is 0 Å². The summed E-state index contributed by atoms with van der Waals surface area (Å²) in [5, 5.41) is 50.9. The van der Waals surface area contributed by atoms with Crippen LogP contribution in [0.5, 0.6) is 0 Å². The highest BCUT2D eigenvalue weighted by Gasteiger charge is 2.26. The van der Waals surface area contributed by atoms with Gasteiger partial charge in [0.1, 0.15) is 0 Å². The van der Waals surface area contributed by atoms with Crippen molar-refractivity contribution in [3.05, 3.63) is 0 Å². The van der Waals surface area contributed by atoms with Crippen LogP contribution in [0.25, 0.3) is 0 Å². The van der Waals surface area contributed by atoms with Crippen molar-refractivity contribution in [2.45, 2.75) is 425 Å². The Bertz CT molecular complexity index is 1010. The average Bonchev–Trinajstić information content (AvgIpc) is 3.41. The second-order valence-corrected chi connectivity index (χ2v) is 25.2. The zero-order chi connectivity index (χ0) is 55.3. The van der Waals surface area contributed by atoms with Gasteiger partial charge >= 0.3 is 0 Å². The van der Waals surface area contributed by atoms with E-state index >= 15 is 0 Å². The SMILES string of the molecule is CCCCCCCCCCCCCCCCC(O)CN(CC(O)CCCCCCCCCCCCCC)N(CC(O)CCCCCCCCCCCCCCCC)CC(O)CCCCCCCCCCCCCCCC. The maximum atomic E-state index is 11.6. The lowest BCUT2D eigenvalue weighted by Crippen LogP contribution is -2.54. The summed E-state index contributed by atoms with van der Waals surface area (Å²) in [7, 11) is 0.